The van der Waals surface area contributed by atoms with Gasteiger partial charge in [-0.1, -0.05) is 19.9 Å². The molecule has 4 heteroatoms. The Morgan fingerprint density at radius 1 is 1.20 bits per heavy atom. The summed E-state index contributed by atoms with van der Waals surface area (Å²) in [5.41, 5.74) is 1.30. The Balaban J connectivity index is 1.65. The first kappa shape index (κ1) is 13.3. The molecule has 0 bridgehead atoms. The van der Waals surface area contributed by atoms with Crippen LogP contribution >= 0.6 is 0 Å². The first-order valence-corrected chi connectivity index (χ1v) is 7.33. The van der Waals surface area contributed by atoms with Crippen molar-refractivity contribution in [1.29, 1.82) is 0 Å². The van der Waals surface area contributed by atoms with Crippen LogP contribution in [0.4, 0.5) is 0 Å². The Morgan fingerprint density at radius 2 is 1.90 bits per heavy atom. The maximum absolute atomic E-state index is 12.0. The second-order valence-corrected chi connectivity index (χ2v) is 5.87. The van der Waals surface area contributed by atoms with Crippen LogP contribution in [0.2, 0.25) is 0 Å². The molecule has 4 nitrogen and oxygen atoms in total. The Kier molecular flexibility index (Phi) is 3.55. The number of fused-ring (bicyclic) bond motifs is 1. The molecular weight excluding hydrogens is 254 g/mol. The molecule has 1 amide bonds. The van der Waals surface area contributed by atoms with Crippen LogP contribution in [0.1, 0.15) is 38.2 Å². The molecule has 2 aliphatic heterocycles. The van der Waals surface area contributed by atoms with Crippen molar-refractivity contribution in [3.8, 4) is 11.5 Å². The molecule has 0 atom stereocenters. The van der Waals surface area contributed by atoms with E-state index in [9.17, 15) is 4.79 Å². The Morgan fingerprint density at radius 3 is 2.60 bits per heavy atom. The number of benzene rings is 1. The molecule has 3 rings (SSSR count). The quantitative estimate of drug-likeness (QED) is 0.833. The van der Waals surface area contributed by atoms with Gasteiger partial charge in [-0.15, -0.1) is 0 Å². The summed E-state index contributed by atoms with van der Waals surface area (Å²) in [5.74, 6) is 2.57. The number of rotatable bonds is 2. The number of carbonyl (C=O) groups excluding carboxylic acids is 1. The highest BCUT2D eigenvalue weighted by molar-refractivity contribution is 5.78. The van der Waals surface area contributed by atoms with Gasteiger partial charge >= 0.3 is 0 Å². The molecular formula is C16H21NO3. The number of carbonyl (C=O) groups is 1. The number of hydrogen-bond acceptors (Lipinski definition) is 3. The second kappa shape index (κ2) is 5.35. The van der Waals surface area contributed by atoms with Gasteiger partial charge in [0.25, 0.3) is 0 Å². The van der Waals surface area contributed by atoms with Gasteiger partial charge in [-0.3, -0.25) is 4.79 Å². The van der Waals surface area contributed by atoms with Crippen LogP contribution in [-0.2, 0) is 4.79 Å². The van der Waals surface area contributed by atoms with Crippen LogP contribution in [0.15, 0.2) is 18.2 Å². The summed E-state index contributed by atoms with van der Waals surface area (Å²) in [5, 5.41) is 0. The van der Waals surface area contributed by atoms with Gasteiger partial charge in [0.15, 0.2) is 11.5 Å². The molecule has 1 saturated heterocycles. The molecule has 0 radical (unpaired) electrons. The van der Waals surface area contributed by atoms with Crippen LogP contribution in [0, 0.1) is 5.92 Å². The summed E-state index contributed by atoms with van der Waals surface area (Å²) in [6, 6.07) is 6.20. The molecule has 1 aromatic rings. The van der Waals surface area contributed by atoms with Crippen molar-refractivity contribution < 1.29 is 14.3 Å². The lowest BCUT2D eigenvalue weighted by Gasteiger charge is -2.33. The van der Waals surface area contributed by atoms with Gasteiger partial charge in [0.1, 0.15) is 0 Å². The van der Waals surface area contributed by atoms with Gasteiger partial charge in [-0.05, 0) is 36.5 Å². The molecule has 0 unspecified atom stereocenters. The van der Waals surface area contributed by atoms with Crippen LogP contribution in [0.5, 0.6) is 11.5 Å². The summed E-state index contributed by atoms with van der Waals surface area (Å²) in [4.78, 5) is 14.0. The average Bonchev–Trinajstić information content (AvgIpc) is 2.94. The van der Waals surface area contributed by atoms with Gasteiger partial charge in [0.2, 0.25) is 12.7 Å². The summed E-state index contributed by atoms with van der Waals surface area (Å²) in [6.07, 6.45) is 2.05. The van der Waals surface area contributed by atoms with E-state index in [-0.39, 0.29) is 11.8 Å². The highest BCUT2D eigenvalue weighted by Crippen LogP contribution is 2.37. The van der Waals surface area contributed by atoms with Crippen LogP contribution in [0.25, 0.3) is 0 Å². The fourth-order valence-electron chi connectivity index (χ4n) is 2.97. The van der Waals surface area contributed by atoms with Crippen molar-refractivity contribution in [3.05, 3.63) is 23.8 Å². The Hall–Kier alpha value is -1.71. The lowest BCUT2D eigenvalue weighted by molar-refractivity contribution is -0.135. The zero-order valence-corrected chi connectivity index (χ0v) is 12.1. The summed E-state index contributed by atoms with van der Waals surface area (Å²) in [7, 11) is 0. The summed E-state index contributed by atoms with van der Waals surface area (Å²) >= 11 is 0. The number of amides is 1. The number of nitrogens with zero attached hydrogens (tertiary/aromatic N) is 1. The predicted molar refractivity (Wildman–Crippen MR) is 76.0 cm³/mol. The zero-order chi connectivity index (χ0) is 14.1. The van der Waals surface area contributed by atoms with Crippen LogP contribution in [-0.4, -0.2) is 30.7 Å². The molecule has 0 aliphatic carbocycles. The maximum atomic E-state index is 12.0. The molecule has 0 spiro atoms. The fraction of sp³-hybridized carbons (Fsp3) is 0.562. The lowest BCUT2D eigenvalue weighted by atomic mass is 9.89. The normalized spacial score (nSPS) is 18.6. The second-order valence-electron chi connectivity index (χ2n) is 5.87. The molecule has 2 heterocycles. The van der Waals surface area contributed by atoms with Crippen molar-refractivity contribution in [2.24, 2.45) is 5.92 Å². The van der Waals surface area contributed by atoms with Crippen molar-refractivity contribution in [2.75, 3.05) is 19.9 Å². The number of likely N-dealkylation sites (tertiary alicyclic amines) is 1. The van der Waals surface area contributed by atoms with E-state index in [0.29, 0.717) is 12.7 Å². The number of ether oxygens (including phenoxy) is 2. The Bertz CT molecular complexity index is 504. The fourth-order valence-corrected chi connectivity index (χ4v) is 2.97. The molecule has 2 aliphatic rings. The summed E-state index contributed by atoms with van der Waals surface area (Å²) in [6.45, 7) is 5.96. The van der Waals surface area contributed by atoms with Crippen LogP contribution < -0.4 is 9.47 Å². The van der Waals surface area contributed by atoms with E-state index in [4.69, 9.17) is 9.47 Å². The number of hydrogen-bond donors (Lipinski definition) is 0. The van der Waals surface area contributed by atoms with Gasteiger partial charge in [0, 0.05) is 19.0 Å². The van der Waals surface area contributed by atoms with Crippen LogP contribution in [0.3, 0.4) is 0 Å². The van der Waals surface area contributed by atoms with Gasteiger partial charge in [0.05, 0.1) is 0 Å². The minimum absolute atomic E-state index is 0.0945. The van der Waals surface area contributed by atoms with Crippen molar-refractivity contribution in [3.63, 3.8) is 0 Å². The highest BCUT2D eigenvalue weighted by atomic mass is 16.7. The molecule has 108 valence electrons. The third-order valence-corrected chi connectivity index (χ3v) is 4.17. The average molecular weight is 275 g/mol. The predicted octanol–water partition coefficient (Wildman–Crippen LogP) is 2.78. The largest absolute Gasteiger partial charge is 0.454 e. The van der Waals surface area contributed by atoms with Gasteiger partial charge < -0.3 is 14.4 Å². The third-order valence-electron chi connectivity index (χ3n) is 4.17. The maximum Gasteiger partial charge on any atom is 0.231 e. The third kappa shape index (κ3) is 2.47. The van der Waals surface area contributed by atoms with E-state index in [1.165, 1.54) is 5.56 Å². The van der Waals surface area contributed by atoms with E-state index >= 15 is 0 Å². The minimum atomic E-state index is 0.0945. The molecule has 1 fully saturated rings. The highest BCUT2D eigenvalue weighted by Gasteiger charge is 2.26. The first-order chi connectivity index (χ1) is 9.65. The molecule has 0 aromatic heterocycles. The topological polar surface area (TPSA) is 38.8 Å². The van der Waals surface area contributed by atoms with E-state index < -0.39 is 0 Å². The zero-order valence-electron chi connectivity index (χ0n) is 12.1. The van der Waals surface area contributed by atoms with Crippen molar-refractivity contribution in [1.82, 2.24) is 4.90 Å². The molecule has 0 N–H and O–H groups in total. The lowest BCUT2D eigenvalue weighted by Crippen LogP contribution is -2.40. The molecule has 1 aromatic carbocycles. The van der Waals surface area contributed by atoms with E-state index in [1.807, 2.05) is 24.8 Å². The minimum Gasteiger partial charge on any atom is -0.454 e. The molecule has 20 heavy (non-hydrogen) atoms. The first-order valence-electron chi connectivity index (χ1n) is 7.33. The van der Waals surface area contributed by atoms with E-state index in [1.54, 1.807) is 0 Å². The van der Waals surface area contributed by atoms with Gasteiger partial charge in [-0.25, -0.2) is 0 Å². The molecule has 0 saturated carbocycles. The van der Waals surface area contributed by atoms with Crippen molar-refractivity contribution in [2.45, 2.75) is 32.6 Å². The smallest absolute Gasteiger partial charge is 0.231 e. The number of piperidine rings is 1. The standard InChI is InChI=1S/C16H21NO3/c1-11(2)16(18)17-7-5-12(6-8-17)13-3-4-14-15(9-13)20-10-19-14/h3-4,9,11-12H,5-8,10H2,1-2H3. The Labute approximate surface area is 119 Å². The summed E-state index contributed by atoms with van der Waals surface area (Å²) < 4.78 is 10.8. The van der Waals surface area contributed by atoms with E-state index in [0.717, 1.165) is 37.4 Å². The van der Waals surface area contributed by atoms with Gasteiger partial charge in [-0.2, -0.15) is 0 Å². The van der Waals surface area contributed by atoms with E-state index in [2.05, 4.69) is 12.1 Å². The van der Waals surface area contributed by atoms with Crippen molar-refractivity contribution >= 4 is 5.91 Å². The SMILES string of the molecule is CC(C)C(=O)N1CCC(c2ccc3c(c2)OCO3)CC1. The monoisotopic (exact) mass is 275 g/mol.